The molecule has 6 nitrogen and oxygen atoms in total. The molecule has 1 aromatic heterocycles. The van der Waals surface area contributed by atoms with Crippen molar-refractivity contribution in [2.75, 3.05) is 17.2 Å². The summed E-state index contributed by atoms with van der Waals surface area (Å²) in [4.78, 5) is 0. The Labute approximate surface area is 114 Å². The highest BCUT2D eigenvalue weighted by atomic mass is 32.2. The Morgan fingerprint density at radius 2 is 2.21 bits per heavy atom. The first-order chi connectivity index (χ1) is 9.11. The summed E-state index contributed by atoms with van der Waals surface area (Å²) in [6.07, 6.45) is 0. The van der Waals surface area contributed by atoms with E-state index in [0.717, 1.165) is 11.1 Å². The van der Waals surface area contributed by atoms with Gasteiger partial charge >= 0.3 is 0 Å². The quantitative estimate of drug-likeness (QED) is 0.825. The van der Waals surface area contributed by atoms with Gasteiger partial charge in [0, 0.05) is 33.6 Å². The van der Waals surface area contributed by atoms with Crippen molar-refractivity contribution < 1.29 is 4.21 Å². The average Bonchev–Trinajstić information content (AvgIpc) is 2.84. The Kier molecular flexibility index (Phi) is 4.26. The Balaban J connectivity index is 2.26. The number of aryl methyl sites for hydroxylation is 2. The van der Waals surface area contributed by atoms with Crippen molar-refractivity contribution in [3.63, 3.8) is 0 Å². The van der Waals surface area contributed by atoms with Gasteiger partial charge in [0.2, 0.25) is 0 Å². The molecule has 0 saturated heterocycles. The highest BCUT2D eigenvalue weighted by Crippen LogP contribution is 2.22. The van der Waals surface area contributed by atoms with Gasteiger partial charge in [-0.2, -0.15) is 0 Å². The largest absolute Gasteiger partial charge is 0.399 e. The molecule has 0 aliphatic heterocycles. The number of rotatable bonds is 5. The summed E-state index contributed by atoms with van der Waals surface area (Å²) >= 11 is 0. The van der Waals surface area contributed by atoms with Gasteiger partial charge in [0.1, 0.15) is 0 Å². The predicted octanol–water partition coefficient (Wildman–Crippen LogP) is 0.999. The van der Waals surface area contributed by atoms with Crippen molar-refractivity contribution in [3.8, 4) is 11.4 Å². The molecule has 0 bridgehead atoms. The zero-order valence-corrected chi connectivity index (χ0v) is 11.9. The summed E-state index contributed by atoms with van der Waals surface area (Å²) < 4.78 is 13.2. The fraction of sp³-hybridized carbons (Fsp3) is 0.417. The van der Waals surface area contributed by atoms with E-state index in [2.05, 4.69) is 15.5 Å². The molecule has 0 fully saturated rings. The molecule has 0 saturated carbocycles. The second-order valence-electron chi connectivity index (χ2n) is 4.23. The number of tetrazole rings is 1. The van der Waals surface area contributed by atoms with E-state index in [1.54, 1.807) is 4.68 Å². The highest BCUT2D eigenvalue weighted by molar-refractivity contribution is 7.84. The Morgan fingerprint density at radius 3 is 2.89 bits per heavy atom. The average molecular weight is 279 g/mol. The van der Waals surface area contributed by atoms with Gasteiger partial charge in [-0.15, -0.1) is 5.10 Å². The molecule has 0 amide bonds. The van der Waals surface area contributed by atoms with Crippen molar-refractivity contribution >= 4 is 16.5 Å². The maximum absolute atomic E-state index is 11.5. The summed E-state index contributed by atoms with van der Waals surface area (Å²) in [5.41, 5.74) is 8.42. The van der Waals surface area contributed by atoms with Crippen LogP contribution in [0.25, 0.3) is 11.4 Å². The minimum absolute atomic E-state index is 0.548. The van der Waals surface area contributed by atoms with Crippen LogP contribution in [0, 0.1) is 6.92 Å². The fourth-order valence-electron chi connectivity index (χ4n) is 1.82. The number of anilines is 1. The lowest BCUT2D eigenvalue weighted by Gasteiger charge is -2.07. The third-order valence-corrected chi connectivity index (χ3v) is 4.16. The van der Waals surface area contributed by atoms with Crippen molar-refractivity contribution in [2.24, 2.45) is 0 Å². The number of nitrogen functional groups attached to an aromatic ring is 1. The molecule has 1 heterocycles. The monoisotopic (exact) mass is 279 g/mol. The number of nitrogens with two attached hydrogens (primary N) is 1. The normalized spacial score (nSPS) is 12.5. The van der Waals surface area contributed by atoms with E-state index in [0.29, 0.717) is 29.6 Å². The van der Waals surface area contributed by atoms with Crippen LogP contribution in [0.4, 0.5) is 5.69 Å². The minimum Gasteiger partial charge on any atom is -0.399 e. The number of aromatic nitrogens is 4. The van der Waals surface area contributed by atoms with Crippen LogP contribution >= 0.6 is 0 Å². The molecule has 0 aliphatic carbocycles. The second-order valence-corrected chi connectivity index (χ2v) is 6.10. The molecule has 2 N–H and O–H groups in total. The first kappa shape index (κ1) is 13.7. The van der Waals surface area contributed by atoms with Crippen LogP contribution in [0.2, 0.25) is 0 Å². The van der Waals surface area contributed by atoms with Crippen molar-refractivity contribution in [3.05, 3.63) is 23.8 Å². The zero-order chi connectivity index (χ0) is 13.8. The molecule has 2 rings (SSSR count). The maximum Gasteiger partial charge on any atom is 0.182 e. The first-order valence-corrected chi connectivity index (χ1v) is 7.58. The number of benzene rings is 1. The van der Waals surface area contributed by atoms with E-state index in [1.807, 2.05) is 32.0 Å². The van der Waals surface area contributed by atoms with Crippen LogP contribution in [0.3, 0.4) is 0 Å². The molecule has 0 spiro atoms. The molecule has 0 aliphatic rings. The summed E-state index contributed by atoms with van der Waals surface area (Å²) in [6, 6.07) is 5.62. The molecule has 102 valence electrons. The lowest BCUT2D eigenvalue weighted by Crippen LogP contribution is -2.11. The van der Waals surface area contributed by atoms with Crippen molar-refractivity contribution in [2.45, 2.75) is 20.4 Å². The van der Waals surface area contributed by atoms with Crippen LogP contribution in [0.5, 0.6) is 0 Å². The standard InChI is InChI=1S/C12H17N5OS/c1-3-19(18)7-6-17-12(14-15-16-17)11-5-4-10(13)8-9(11)2/h4-5,8H,3,6-7,13H2,1-2H3. The van der Waals surface area contributed by atoms with Crippen LogP contribution in [0.15, 0.2) is 18.2 Å². The number of nitrogens with zero attached hydrogens (tertiary/aromatic N) is 4. The molecule has 1 unspecified atom stereocenters. The molecule has 7 heteroatoms. The maximum atomic E-state index is 11.5. The third kappa shape index (κ3) is 3.17. The van der Waals surface area contributed by atoms with Gasteiger partial charge in [-0.05, 0) is 41.1 Å². The Morgan fingerprint density at radius 1 is 1.42 bits per heavy atom. The first-order valence-electron chi connectivity index (χ1n) is 6.09. The van der Waals surface area contributed by atoms with E-state index >= 15 is 0 Å². The van der Waals surface area contributed by atoms with E-state index in [9.17, 15) is 4.21 Å². The van der Waals surface area contributed by atoms with Crippen molar-refractivity contribution in [1.29, 1.82) is 0 Å². The van der Waals surface area contributed by atoms with Gasteiger partial charge in [-0.25, -0.2) is 4.68 Å². The van der Waals surface area contributed by atoms with Gasteiger partial charge in [-0.3, -0.25) is 4.21 Å². The molecule has 19 heavy (non-hydrogen) atoms. The number of hydrogen-bond acceptors (Lipinski definition) is 5. The molecule has 0 radical (unpaired) electrons. The zero-order valence-electron chi connectivity index (χ0n) is 11.0. The summed E-state index contributed by atoms with van der Waals surface area (Å²) in [5.74, 6) is 1.89. The van der Waals surface area contributed by atoms with Crippen LogP contribution in [-0.2, 0) is 17.3 Å². The molecule has 1 aromatic carbocycles. The van der Waals surface area contributed by atoms with Crippen LogP contribution < -0.4 is 5.73 Å². The van der Waals surface area contributed by atoms with Crippen LogP contribution in [-0.4, -0.2) is 35.9 Å². The summed E-state index contributed by atoms with van der Waals surface area (Å²) in [5, 5.41) is 11.7. The minimum atomic E-state index is -0.822. The van der Waals surface area contributed by atoms with Gasteiger partial charge in [0.15, 0.2) is 5.82 Å². The second kappa shape index (κ2) is 5.92. The highest BCUT2D eigenvalue weighted by Gasteiger charge is 2.12. The van der Waals surface area contributed by atoms with Crippen molar-refractivity contribution in [1.82, 2.24) is 20.2 Å². The van der Waals surface area contributed by atoms with E-state index in [1.165, 1.54) is 0 Å². The predicted molar refractivity (Wildman–Crippen MR) is 76.0 cm³/mol. The topological polar surface area (TPSA) is 86.7 Å². The lowest BCUT2D eigenvalue weighted by atomic mass is 10.1. The van der Waals surface area contributed by atoms with Gasteiger partial charge in [0.05, 0.1) is 6.54 Å². The number of hydrogen-bond donors (Lipinski definition) is 1. The Bertz CT molecular complexity index is 596. The SMILES string of the molecule is CCS(=O)CCn1nnnc1-c1ccc(N)cc1C. The van der Waals surface area contributed by atoms with Gasteiger partial charge in [0.25, 0.3) is 0 Å². The third-order valence-electron chi connectivity index (χ3n) is 2.88. The molecule has 1 atom stereocenters. The van der Waals surface area contributed by atoms with E-state index in [-0.39, 0.29) is 0 Å². The molecule has 2 aromatic rings. The fourth-order valence-corrected chi connectivity index (χ4v) is 2.48. The van der Waals surface area contributed by atoms with Crippen LogP contribution in [0.1, 0.15) is 12.5 Å². The lowest BCUT2D eigenvalue weighted by molar-refractivity contribution is 0.624. The van der Waals surface area contributed by atoms with Gasteiger partial charge < -0.3 is 5.73 Å². The molecular weight excluding hydrogens is 262 g/mol. The summed E-state index contributed by atoms with van der Waals surface area (Å²) in [7, 11) is -0.822. The summed E-state index contributed by atoms with van der Waals surface area (Å²) in [6.45, 7) is 4.42. The molecular formula is C12H17N5OS. The smallest absolute Gasteiger partial charge is 0.182 e. The van der Waals surface area contributed by atoms with E-state index < -0.39 is 10.8 Å². The van der Waals surface area contributed by atoms with E-state index in [4.69, 9.17) is 5.73 Å². The Hall–Kier alpha value is -1.76. The van der Waals surface area contributed by atoms with Gasteiger partial charge in [-0.1, -0.05) is 6.92 Å².